The van der Waals surface area contributed by atoms with E-state index in [1.165, 1.54) is 25.0 Å². The number of aliphatic hydroxyl groups is 1. The van der Waals surface area contributed by atoms with Gasteiger partial charge in [-0.3, -0.25) is 9.58 Å². The third kappa shape index (κ3) is 3.38. The quantitative estimate of drug-likeness (QED) is 0.836. The Labute approximate surface area is 123 Å². The first-order valence-corrected chi connectivity index (χ1v) is 8.03. The summed E-state index contributed by atoms with van der Waals surface area (Å²) >= 11 is 3.67. The van der Waals surface area contributed by atoms with Crippen molar-refractivity contribution in [1.82, 2.24) is 14.7 Å². The van der Waals surface area contributed by atoms with Crippen LogP contribution in [-0.4, -0.2) is 39.0 Å². The highest BCUT2D eigenvalue weighted by atomic mass is 79.9. The number of aromatic nitrogens is 2. The van der Waals surface area contributed by atoms with Crippen LogP contribution >= 0.6 is 15.9 Å². The molecule has 0 bridgehead atoms. The van der Waals surface area contributed by atoms with Crippen LogP contribution < -0.4 is 0 Å². The molecular formula is C14H24BrN3O. The van der Waals surface area contributed by atoms with Gasteiger partial charge in [0.15, 0.2) is 0 Å². The largest absolute Gasteiger partial charge is 0.396 e. The van der Waals surface area contributed by atoms with E-state index in [-0.39, 0.29) is 6.61 Å². The smallest absolute Gasteiger partial charge is 0.0739 e. The number of hydrogen-bond acceptors (Lipinski definition) is 3. The zero-order valence-electron chi connectivity index (χ0n) is 11.9. The van der Waals surface area contributed by atoms with Crippen molar-refractivity contribution in [2.45, 2.75) is 58.7 Å². The molecule has 0 aliphatic heterocycles. The lowest BCUT2D eigenvalue weighted by Gasteiger charge is -2.37. The molecule has 0 aromatic carbocycles. The second kappa shape index (κ2) is 6.86. The predicted molar refractivity (Wildman–Crippen MR) is 80.1 cm³/mol. The number of aryl methyl sites for hydroxylation is 2. The first kappa shape index (κ1) is 15.0. The maximum absolute atomic E-state index is 9.06. The Hall–Kier alpha value is -0.390. The van der Waals surface area contributed by atoms with Gasteiger partial charge in [-0.05, 0) is 49.0 Å². The first-order chi connectivity index (χ1) is 9.17. The molecule has 0 saturated heterocycles. The molecule has 2 rings (SSSR count). The van der Waals surface area contributed by atoms with Crippen molar-refractivity contribution in [1.29, 1.82) is 0 Å². The zero-order valence-corrected chi connectivity index (χ0v) is 13.5. The Morgan fingerprint density at radius 1 is 1.47 bits per heavy atom. The summed E-state index contributed by atoms with van der Waals surface area (Å²) < 4.78 is 3.23. The molecule has 1 saturated carbocycles. The summed E-state index contributed by atoms with van der Waals surface area (Å²) in [5.41, 5.74) is 2.33. The Morgan fingerprint density at radius 2 is 2.21 bits per heavy atom. The molecule has 108 valence electrons. The van der Waals surface area contributed by atoms with Crippen LogP contribution in [0.25, 0.3) is 0 Å². The minimum atomic E-state index is 0.274. The minimum absolute atomic E-state index is 0.274. The molecular weight excluding hydrogens is 306 g/mol. The molecule has 1 fully saturated rings. The van der Waals surface area contributed by atoms with Gasteiger partial charge in [-0.25, -0.2) is 0 Å². The van der Waals surface area contributed by atoms with E-state index in [4.69, 9.17) is 5.11 Å². The summed E-state index contributed by atoms with van der Waals surface area (Å²) in [6, 6.07) is 0.693. The fourth-order valence-corrected chi connectivity index (χ4v) is 3.04. The monoisotopic (exact) mass is 329 g/mol. The van der Waals surface area contributed by atoms with E-state index in [1.54, 1.807) is 0 Å². The van der Waals surface area contributed by atoms with E-state index in [1.807, 2.05) is 6.92 Å². The average Bonchev–Trinajstić information content (AvgIpc) is 2.61. The SMILES string of the molecule is CCn1nc(C)c(Br)c1CN(CCCO)C1CCC1. The summed E-state index contributed by atoms with van der Waals surface area (Å²) in [5, 5.41) is 13.6. The van der Waals surface area contributed by atoms with E-state index in [9.17, 15) is 0 Å². The zero-order chi connectivity index (χ0) is 13.8. The highest BCUT2D eigenvalue weighted by Crippen LogP contribution is 2.29. The molecule has 0 atom stereocenters. The number of rotatable bonds is 7. The summed E-state index contributed by atoms with van der Waals surface area (Å²) in [6.07, 6.45) is 4.78. The summed E-state index contributed by atoms with van der Waals surface area (Å²) in [7, 11) is 0. The van der Waals surface area contributed by atoms with Gasteiger partial charge in [0.05, 0.1) is 15.9 Å². The molecule has 0 radical (unpaired) electrons. The normalized spacial score (nSPS) is 16.1. The van der Waals surface area contributed by atoms with E-state index in [0.717, 1.165) is 36.2 Å². The van der Waals surface area contributed by atoms with Crippen LogP contribution in [0, 0.1) is 6.92 Å². The number of hydrogen-bond donors (Lipinski definition) is 1. The highest BCUT2D eigenvalue weighted by molar-refractivity contribution is 9.10. The molecule has 1 aromatic heterocycles. The van der Waals surface area contributed by atoms with Crippen LogP contribution in [0.5, 0.6) is 0 Å². The van der Waals surface area contributed by atoms with E-state index in [0.29, 0.717) is 6.04 Å². The molecule has 1 aromatic rings. The van der Waals surface area contributed by atoms with Gasteiger partial charge in [0.1, 0.15) is 0 Å². The molecule has 0 amide bonds. The van der Waals surface area contributed by atoms with Gasteiger partial charge in [0.25, 0.3) is 0 Å². The maximum Gasteiger partial charge on any atom is 0.0739 e. The van der Waals surface area contributed by atoms with Gasteiger partial charge in [-0.1, -0.05) is 6.42 Å². The Morgan fingerprint density at radius 3 is 2.74 bits per heavy atom. The number of nitrogens with zero attached hydrogens (tertiary/aromatic N) is 3. The fourth-order valence-electron chi connectivity index (χ4n) is 2.63. The fraction of sp³-hybridized carbons (Fsp3) is 0.786. The van der Waals surface area contributed by atoms with Crippen LogP contribution in [0.15, 0.2) is 4.47 Å². The predicted octanol–water partition coefficient (Wildman–Crippen LogP) is 2.71. The van der Waals surface area contributed by atoms with Crippen LogP contribution in [0.1, 0.15) is 44.0 Å². The molecule has 0 spiro atoms. The minimum Gasteiger partial charge on any atom is -0.396 e. The van der Waals surface area contributed by atoms with Gasteiger partial charge < -0.3 is 5.11 Å². The summed E-state index contributed by atoms with van der Waals surface area (Å²) in [4.78, 5) is 2.51. The topological polar surface area (TPSA) is 41.3 Å². The second-order valence-electron chi connectivity index (χ2n) is 5.29. The van der Waals surface area contributed by atoms with Crippen LogP contribution in [0.4, 0.5) is 0 Å². The van der Waals surface area contributed by atoms with E-state index in [2.05, 4.69) is 37.5 Å². The van der Waals surface area contributed by atoms with Crippen molar-refractivity contribution in [3.63, 3.8) is 0 Å². The van der Waals surface area contributed by atoms with Gasteiger partial charge in [-0.15, -0.1) is 0 Å². The summed E-state index contributed by atoms with van der Waals surface area (Å²) in [6.45, 7) is 7.25. The Balaban J connectivity index is 2.11. The molecule has 0 unspecified atom stereocenters. The average molecular weight is 330 g/mol. The molecule has 1 heterocycles. The Kier molecular flexibility index (Phi) is 5.42. The number of aliphatic hydroxyl groups excluding tert-OH is 1. The van der Waals surface area contributed by atoms with Crippen molar-refractivity contribution in [2.75, 3.05) is 13.2 Å². The van der Waals surface area contributed by atoms with Crippen molar-refractivity contribution < 1.29 is 5.11 Å². The lowest BCUT2D eigenvalue weighted by atomic mass is 9.91. The van der Waals surface area contributed by atoms with Crippen molar-refractivity contribution in [3.05, 3.63) is 15.9 Å². The highest BCUT2D eigenvalue weighted by Gasteiger charge is 2.26. The van der Waals surface area contributed by atoms with Gasteiger partial charge in [0.2, 0.25) is 0 Å². The first-order valence-electron chi connectivity index (χ1n) is 7.24. The molecule has 1 aliphatic rings. The molecule has 4 nitrogen and oxygen atoms in total. The summed E-state index contributed by atoms with van der Waals surface area (Å²) in [5.74, 6) is 0. The standard InChI is InChI=1S/C14H24BrN3O/c1-3-18-13(14(15)11(2)16-18)10-17(8-5-9-19)12-6-4-7-12/h12,19H,3-10H2,1-2H3. The van der Waals surface area contributed by atoms with Crippen LogP contribution in [0.3, 0.4) is 0 Å². The molecule has 19 heavy (non-hydrogen) atoms. The van der Waals surface area contributed by atoms with Gasteiger partial charge >= 0.3 is 0 Å². The van der Waals surface area contributed by atoms with E-state index < -0.39 is 0 Å². The second-order valence-corrected chi connectivity index (χ2v) is 6.09. The van der Waals surface area contributed by atoms with Crippen molar-refractivity contribution >= 4 is 15.9 Å². The third-order valence-electron chi connectivity index (χ3n) is 4.00. The molecule has 1 N–H and O–H groups in total. The van der Waals surface area contributed by atoms with E-state index >= 15 is 0 Å². The van der Waals surface area contributed by atoms with Gasteiger partial charge in [-0.2, -0.15) is 5.10 Å². The maximum atomic E-state index is 9.06. The Bertz CT molecular complexity index is 415. The molecule has 5 heteroatoms. The lowest BCUT2D eigenvalue weighted by Crippen LogP contribution is -2.41. The third-order valence-corrected chi connectivity index (χ3v) is 5.03. The molecule has 1 aliphatic carbocycles. The van der Waals surface area contributed by atoms with Gasteiger partial charge in [0, 0.05) is 32.3 Å². The van der Waals surface area contributed by atoms with Crippen molar-refractivity contribution in [3.8, 4) is 0 Å². The lowest BCUT2D eigenvalue weighted by molar-refractivity contribution is 0.106. The van der Waals surface area contributed by atoms with Crippen molar-refractivity contribution in [2.24, 2.45) is 0 Å². The van der Waals surface area contributed by atoms with Crippen LogP contribution in [0.2, 0.25) is 0 Å². The number of halogens is 1. The van der Waals surface area contributed by atoms with Crippen LogP contribution in [-0.2, 0) is 13.1 Å².